The third kappa shape index (κ3) is 2.03. The van der Waals surface area contributed by atoms with Crippen LogP contribution in [0.4, 0.5) is 0 Å². The highest BCUT2D eigenvalue weighted by molar-refractivity contribution is 8.00. The quantitative estimate of drug-likeness (QED) is 0.717. The van der Waals surface area contributed by atoms with Crippen molar-refractivity contribution in [3.8, 4) is 0 Å². The molecular weight excluding hydrogens is 188 g/mol. The predicted molar refractivity (Wildman–Crippen MR) is 48.6 cm³/mol. The van der Waals surface area contributed by atoms with Crippen molar-refractivity contribution in [2.45, 2.75) is 23.2 Å². The van der Waals surface area contributed by atoms with Gasteiger partial charge in [0.25, 0.3) is 0 Å². The number of hydrogen-bond donors (Lipinski definition) is 2. The normalized spacial score (nSPS) is 18.5. The molecule has 4 nitrogen and oxygen atoms in total. The maximum atomic E-state index is 10.8. The van der Waals surface area contributed by atoms with Gasteiger partial charge >= 0.3 is 5.97 Å². The molecule has 1 atom stereocenters. The number of carboxylic acid groups (broad SMARTS) is 1. The standard InChI is InChI=1S/C8H10N2O2S/c11-7(12)6(5-1-2-5)13-8-9-3-4-10-8/h3-6H,1-2H2,(H,9,10)(H,11,12). The Morgan fingerprint density at radius 2 is 2.54 bits per heavy atom. The molecule has 0 aromatic carbocycles. The van der Waals surface area contributed by atoms with Crippen molar-refractivity contribution >= 4 is 17.7 Å². The summed E-state index contributed by atoms with van der Waals surface area (Å²) in [5, 5.41) is 9.29. The van der Waals surface area contributed by atoms with E-state index in [1.54, 1.807) is 12.4 Å². The summed E-state index contributed by atoms with van der Waals surface area (Å²) in [6.45, 7) is 0. The van der Waals surface area contributed by atoms with Crippen molar-refractivity contribution < 1.29 is 9.90 Å². The molecule has 2 rings (SSSR count). The number of thioether (sulfide) groups is 1. The highest BCUT2D eigenvalue weighted by atomic mass is 32.2. The molecule has 1 aromatic heterocycles. The van der Waals surface area contributed by atoms with Crippen LogP contribution in [0.25, 0.3) is 0 Å². The maximum absolute atomic E-state index is 10.8. The first-order valence-electron chi connectivity index (χ1n) is 4.16. The summed E-state index contributed by atoms with van der Waals surface area (Å²) >= 11 is 1.31. The largest absolute Gasteiger partial charge is 0.480 e. The van der Waals surface area contributed by atoms with E-state index >= 15 is 0 Å². The number of aliphatic carboxylic acids is 1. The van der Waals surface area contributed by atoms with Crippen molar-refractivity contribution in [1.82, 2.24) is 9.97 Å². The van der Waals surface area contributed by atoms with Crippen molar-refractivity contribution in [3.05, 3.63) is 12.4 Å². The van der Waals surface area contributed by atoms with Crippen LogP contribution in [-0.4, -0.2) is 26.3 Å². The zero-order chi connectivity index (χ0) is 9.26. The van der Waals surface area contributed by atoms with Crippen LogP contribution in [-0.2, 0) is 4.79 Å². The predicted octanol–water partition coefficient (Wildman–Crippen LogP) is 1.36. The van der Waals surface area contributed by atoms with Crippen molar-refractivity contribution in [2.24, 2.45) is 5.92 Å². The van der Waals surface area contributed by atoms with Gasteiger partial charge in [0.1, 0.15) is 5.25 Å². The number of hydrogen-bond acceptors (Lipinski definition) is 3. The molecule has 1 aliphatic rings. The van der Waals surface area contributed by atoms with Crippen LogP contribution in [0.2, 0.25) is 0 Å². The molecular formula is C8H10N2O2S. The first-order chi connectivity index (χ1) is 6.27. The first kappa shape index (κ1) is 8.62. The number of nitrogens with one attached hydrogen (secondary N) is 1. The SMILES string of the molecule is O=C(O)C(Sc1ncc[nH]1)C1CC1. The second-order valence-electron chi connectivity index (χ2n) is 3.11. The first-order valence-corrected chi connectivity index (χ1v) is 5.04. The molecule has 13 heavy (non-hydrogen) atoms. The Labute approximate surface area is 79.8 Å². The Bertz CT molecular complexity index is 295. The van der Waals surface area contributed by atoms with Crippen LogP contribution in [0.5, 0.6) is 0 Å². The Morgan fingerprint density at radius 1 is 1.77 bits per heavy atom. The maximum Gasteiger partial charge on any atom is 0.317 e. The van der Waals surface area contributed by atoms with Crippen LogP contribution in [0.1, 0.15) is 12.8 Å². The lowest BCUT2D eigenvalue weighted by molar-refractivity contribution is -0.136. The molecule has 0 saturated heterocycles. The van der Waals surface area contributed by atoms with E-state index in [2.05, 4.69) is 9.97 Å². The van der Waals surface area contributed by atoms with Crippen LogP contribution in [0.15, 0.2) is 17.6 Å². The number of aromatic nitrogens is 2. The van der Waals surface area contributed by atoms with Gasteiger partial charge in [-0.2, -0.15) is 0 Å². The molecule has 1 heterocycles. The lowest BCUT2D eigenvalue weighted by Gasteiger charge is -2.07. The second-order valence-corrected chi connectivity index (χ2v) is 4.24. The van der Waals surface area contributed by atoms with Gasteiger partial charge in [-0.3, -0.25) is 4.79 Å². The summed E-state index contributed by atoms with van der Waals surface area (Å²) in [7, 11) is 0. The summed E-state index contributed by atoms with van der Waals surface area (Å²) in [6, 6.07) is 0. The lowest BCUT2D eigenvalue weighted by Crippen LogP contribution is -2.18. The van der Waals surface area contributed by atoms with Crippen molar-refractivity contribution in [2.75, 3.05) is 0 Å². The van der Waals surface area contributed by atoms with Gasteiger partial charge in [0.2, 0.25) is 0 Å². The molecule has 1 aliphatic carbocycles. The molecule has 70 valence electrons. The van der Waals surface area contributed by atoms with E-state index in [0.29, 0.717) is 11.1 Å². The van der Waals surface area contributed by atoms with E-state index in [0.717, 1.165) is 12.8 Å². The fourth-order valence-corrected chi connectivity index (χ4v) is 2.25. The minimum absolute atomic E-state index is 0.328. The molecule has 0 aliphatic heterocycles. The minimum atomic E-state index is -0.732. The zero-order valence-electron chi connectivity index (χ0n) is 6.93. The lowest BCUT2D eigenvalue weighted by atomic mass is 10.3. The third-order valence-electron chi connectivity index (χ3n) is 2.01. The number of H-pyrrole nitrogens is 1. The van der Waals surface area contributed by atoms with Crippen LogP contribution >= 0.6 is 11.8 Å². The monoisotopic (exact) mass is 198 g/mol. The number of nitrogens with zero attached hydrogens (tertiary/aromatic N) is 1. The molecule has 1 fully saturated rings. The summed E-state index contributed by atoms with van der Waals surface area (Å²) < 4.78 is 0. The smallest absolute Gasteiger partial charge is 0.317 e. The van der Waals surface area contributed by atoms with E-state index < -0.39 is 5.97 Å². The van der Waals surface area contributed by atoms with E-state index in [1.165, 1.54) is 11.8 Å². The molecule has 0 spiro atoms. The summed E-state index contributed by atoms with van der Waals surface area (Å²) in [4.78, 5) is 17.7. The van der Waals surface area contributed by atoms with Crippen LogP contribution in [0, 0.1) is 5.92 Å². The summed E-state index contributed by atoms with van der Waals surface area (Å²) in [5.74, 6) is -0.392. The Balaban J connectivity index is 2.01. The van der Waals surface area contributed by atoms with Gasteiger partial charge in [-0.25, -0.2) is 4.98 Å². The third-order valence-corrected chi connectivity index (χ3v) is 3.29. The molecule has 0 bridgehead atoms. The van der Waals surface area contributed by atoms with Crippen molar-refractivity contribution in [1.29, 1.82) is 0 Å². The van der Waals surface area contributed by atoms with Gasteiger partial charge in [-0.1, -0.05) is 11.8 Å². The second kappa shape index (κ2) is 3.41. The fraction of sp³-hybridized carbons (Fsp3) is 0.500. The molecule has 1 saturated carbocycles. The van der Waals surface area contributed by atoms with E-state index in [1.807, 2.05) is 0 Å². The molecule has 1 unspecified atom stereocenters. The van der Waals surface area contributed by atoms with E-state index in [4.69, 9.17) is 5.11 Å². The molecule has 5 heteroatoms. The van der Waals surface area contributed by atoms with Gasteiger partial charge in [-0.05, 0) is 18.8 Å². The van der Waals surface area contributed by atoms with Gasteiger partial charge in [0, 0.05) is 12.4 Å². The van der Waals surface area contributed by atoms with Crippen molar-refractivity contribution in [3.63, 3.8) is 0 Å². The van der Waals surface area contributed by atoms with Gasteiger partial charge < -0.3 is 10.1 Å². The number of rotatable bonds is 4. The summed E-state index contributed by atoms with van der Waals surface area (Å²) in [5.41, 5.74) is 0. The number of carbonyl (C=O) groups is 1. The van der Waals surface area contributed by atoms with Gasteiger partial charge in [0.05, 0.1) is 0 Å². The highest BCUT2D eigenvalue weighted by Gasteiger charge is 2.37. The summed E-state index contributed by atoms with van der Waals surface area (Å²) in [6.07, 6.45) is 5.40. The van der Waals surface area contributed by atoms with Crippen LogP contribution in [0.3, 0.4) is 0 Å². The topological polar surface area (TPSA) is 66.0 Å². The Kier molecular flexibility index (Phi) is 2.26. The Hall–Kier alpha value is -0.970. The molecule has 0 radical (unpaired) electrons. The molecule has 0 amide bonds. The average molecular weight is 198 g/mol. The van der Waals surface area contributed by atoms with Gasteiger partial charge in [0.15, 0.2) is 5.16 Å². The zero-order valence-corrected chi connectivity index (χ0v) is 7.75. The molecule has 2 N–H and O–H groups in total. The number of imidazole rings is 1. The van der Waals surface area contributed by atoms with E-state index in [-0.39, 0.29) is 5.25 Å². The fourth-order valence-electron chi connectivity index (χ4n) is 1.18. The highest BCUT2D eigenvalue weighted by Crippen LogP contribution is 2.40. The Morgan fingerprint density at radius 3 is 3.00 bits per heavy atom. The molecule has 1 aromatic rings. The minimum Gasteiger partial charge on any atom is -0.480 e. The number of carboxylic acids is 1. The number of aromatic amines is 1. The average Bonchev–Trinajstić information content (AvgIpc) is 2.79. The van der Waals surface area contributed by atoms with E-state index in [9.17, 15) is 4.79 Å². The van der Waals surface area contributed by atoms with Gasteiger partial charge in [-0.15, -0.1) is 0 Å². The van der Waals surface area contributed by atoms with Crippen LogP contribution < -0.4 is 0 Å².